The van der Waals surface area contributed by atoms with Crippen molar-refractivity contribution in [1.82, 2.24) is 0 Å². The first-order valence-electron chi connectivity index (χ1n) is 6.35. The Kier molecular flexibility index (Phi) is 5.08. The Labute approximate surface area is 126 Å². The molecule has 0 spiro atoms. The first-order chi connectivity index (χ1) is 10.1. The Morgan fingerprint density at radius 2 is 2.10 bits per heavy atom. The van der Waals surface area contributed by atoms with Crippen molar-refractivity contribution in [3.8, 4) is 0 Å². The zero-order valence-corrected chi connectivity index (χ0v) is 12.4. The minimum Gasteiger partial charge on any atom is -0.465 e. The second kappa shape index (κ2) is 7.01. The summed E-state index contributed by atoms with van der Waals surface area (Å²) >= 11 is 1.55. The summed E-state index contributed by atoms with van der Waals surface area (Å²) in [7, 11) is 1.31. The van der Waals surface area contributed by atoms with Crippen molar-refractivity contribution in [2.45, 2.75) is 13.0 Å². The molecule has 2 rings (SSSR count). The highest BCUT2D eigenvalue weighted by Crippen LogP contribution is 2.17. The summed E-state index contributed by atoms with van der Waals surface area (Å²) in [5.74, 6) is -0.600. The Morgan fingerprint density at radius 3 is 2.71 bits per heavy atom. The number of nitrogens with two attached hydrogens (primary N) is 1. The fraction of sp³-hybridized carbons (Fsp3) is 0.200. The highest BCUT2D eigenvalue weighted by Gasteiger charge is 2.11. The molecule has 0 fully saturated rings. The SMILES string of the molecule is COC(=O)c1cc(CN)cc(NC(=O)Cc2ccsc2)c1. The summed E-state index contributed by atoms with van der Waals surface area (Å²) < 4.78 is 4.69. The van der Waals surface area contributed by atoms with Crippen molar-refractivity contribution >= 4 is 28.9 Å². The molecule has 0 bridgehead atoms. The molecular weight excluding hydrogens is 288 g/mol. The van der Waals surface area contributed by atoms with Crippen molar-refractivity contribution < 1.29 is 14.3 Å². The summed E-state index contributed by atoms with van der Waals surface area (Å²) in [4.78, 5) is 23.6. The highest BCUT2D eigenvalue weighted by molar-refractivity contribution is 7.08. The van der Waals surface area contributed by atoms with Gasteiger partial charge in [0.2, 0.25) is 5.91 Å². The van der Waals surface area contributed by atoms with Gasteiger partial charge in [0, 0.05) is 12.2 Å². The maximum absolute atomic E-state index is 12.0. The molecule has 0 aliphatic rings. The third kappa shape index (κ3) is 4.14. The minimum atomic E-state index is -0.460. The maximum atomic E-state index is 12.0. The number of rotatable bonds is 5. The van der Waals surface area contributed by atoms with E-state index in [0.29, 0.717) is 17.7 Å². The molecule has 0 radical (unpaired) electrons. The van der Waals surface area contributed by atoms with Crippen LogP contribution in [0.5, 0.6) is 0 Å². The van der Waals surface area contributed by atoms with Gasteiger partial charge in [-0.05, 0) is 46.2 Å². The van der Waals surface area contributed by atoms with E-state index in [0.717, 1.165) is 11.1 Å². The van der Waals surface area contributed by atoms with Gasteiger partial charge in [-0.15, -0.1) is 0 Å². The van der Waals surface area contributed by atoms with Gasteiger partial charge in [0.1, 0.15) is 0 Å². The lowest BCUT2D eigenvalue weighted by atomic mass is 10.1. The van der Waals surface area contributed by atoms with Gasteiger partial charge in [0.25, 0.3) is 0 Å². The number of amides is 1. The first-order valence-corrected chi connectivity index (χ1v) is 7.30. The molecule has 3 N–H and O–H groups in total. The van der Waals surface area contributed by atoms with Crippen LogP contribution in [-0.4, -0.2) is 19.0 Å². The highest BCUT2D eigenvalue weighted by atomic mass is 32.1. The molecule has 0 saturated carbocycles. The molecule has 0 unspecified atom stereocenters. The fourth-order valence-electron chi connectivity index (χ4n) is 1.90. The van der Waals surface area contributed by atoms with Crippen molar-refractivity contribution in [2.24, 2.45) is 5.73 Å². The van der Waals surface area contributed by atoms with E-state index in [1.54, 1.807) is 29.5 Å². The zero-order valence-electron chi connectivity index (χ0n) is 11.6. The average molecular weight is 304 g/mol. The van der Waals surface area contributed by atoms with Gasteiger partial charge in [0.05, 0.1) is 19.1 Å². The molecule has 6 heteroatoms. The number of nitrogens with one attached hydrogen (secondary N) is 1. The van der Waals surface area contributed by atoms with Crippen molar-refractivity contribution in [3.63, 3.8) is 0 Å². The molecule has 110 valence electrons. The second-order valence-electron chi connectivity index (χ2n) is 4.47. The second-order valence-corrected chi connectivity index (χ2v) is 5.25. The number of thiophene rings is 1. The summed E-state index contributed by atoms with van der Waals surface area (Å²) in [5, 5.41) is 6.63. The van der Waals surface area contributed by atoms with Gasteiger partial charge in [-0.25, -0.2) is 4.79 Å². The molecule has 1 heterocycles. The standard InChI is InChI=1S/C15H16N2O3S/c1-20-15(19)12-4-11(8-16)5-13(7-12)17-14(18)6-10-2-3-21-9-10/h2-5,7,9H,6,8,16H2,1H3,(H,17,18). The number of hydrogen-bond donors (Lipinski definition) is 2. The summed E-state index contributed by atoms with van der Waals surface area (Å²) in [5.41, 5.74) is 8.23. The van der Waals surface area contributed by atoms with E-state index in [1.165, 1.54) is 7.11 Å². The van der Waals surface area contributed by atoms with Gasteiger partial charge in [-0.1, -0.05) is 0 Å². The van der Waals surface area contributed by atoms with Crippen molar-refractivity contribution in [3.05, 3.63) is 51.7 Å². The van der Waals surface area contributed by atoms with E-state index < -0.39 is 5.97 Å². The number of esters is 1. The molecule has 0 aliphatic carbocycles. The van der Waals surface area contributed by atoms with Crippen LogP contribution in [0.3, 0.4) is 0 Å². The lowest BCUT2D eigenvalue weighted by Crippen LogP contribution is -2.15. The van der Waals surface area contributed by atoms with Gasteiger partial charge < -0.3 is 15.8 Å². The topological polar surface area (TPSA) is 81.4 Å². The van der Waals surface area contributed by atoms with E-state index in [1.807, 2.05) is 16.8 Å². The van der Waals surface area contributed by atoms with E-state index >= 15 is 0 Å². The van der Waals surface area contributed by atoms with E-state index in [2.05, 4.69) is 10.1 Å². The Hall–Kier alpha value is -2.18. The van der Waals surface area contributed by atoms with E-state index in [4.69, 9.17) is 5.73 Å². The average Bonchev–Trinajstić information content (AvgIpc) is 2.98. The van der Waals surface area contributed by atoms with Gasteiger partial charge in [0.15, 0.2) is 0 Å². The summed E-state index contributed by atoms with van der Waals surface area (Å²) in [6.07, 6.45) is 0.296. The quantitative estimate of drug-likeness (QED) is 0.830. The van der Waals surface area contributed by atoms with Crippen LogP contribution in [-0.2, 0) is 22.5 Å². The van der Waals surface area contributed by atoms with Gasteiger partial charge in [-0.2, -0.15) is 11.3 Å². The Balaban J connectivity index is 2.14. The zero-order chi connectivity index (χ0) is 15.2. The molecule has 1 aromatic heterocycles. The van der Waals surface area contributed by atoms with Crippen LogP contribution in [0.4, 0.5) is 5.69 Å². The monoisotopic (exact) mass is 304 g/mol. The first kappa shape index (κ1) is 15.2. The lowest BCUT2D eigenvalue weighted by Gasteiger charge is -2.09. The molecule has 2 aromatic rings. The predicted octanol–water partition coefficient (Wildman–Crippen LogP) is 2.17. The minimum absolute atomic E-state index is 0.140. The van der Waals surface area contributed by atoms with Crippen LogP contribution in [0.25, 0.3) is 0 Å². The predicted molar refractivity (Wildman–Crippen MR) is 82.3 cm³/mol. The normalized spacial score (nSPS) is 10.2. The van der Waals surface area contributed by atoms with Crippen LogP contribution in [0.1, 0.15) is 21.5 Å². The molecule has 0 atom stereocenters. The fourth-order valence-corrected chi connectivity index (χ4v) is 2.57. The lowest BCUT2D eigenvalue weighted by molar-refractivity contribution is -0.115. The maximum Gasteiger partial charge on any atom is 0.337 e. The molecule has 0 saturated heterocycles. The molecule has 0 aliphatic heterocycles. The van der Waals surface area contributed by atoms with Crippen LogP contribution >= 0.6 is 11.3 Å². The smallest absolute Gasteiger partial charge is 0.337 e. The van der Waals surface area contributed by atoms with Crippen LogP contribution in [0.2, 0.25) is 0 Å². The Morgan fingerprint density at radius 1 is 1.29 bits per heavy atom. The van der Waals surface area contributed by atoms with Crippen LogP contribution in [0, 0.1) is 0 Å². The number of carbonyl (C=O) groups excluding carboxylic acids is 2. The number of ether oxygens (including phenoxy) is 1. The third-order valence-corrected chi connectivity index (χ3v) is 3.61. The van der Waals surface area contributed by atoms with E-state index in [9.17, 15) is 9.59 Å². The third-order valence-electron chi connectivity index (χ3n) is 2.88. The largest absolute Gasteiger partial charge is 0.465 e. The molecule has 1 amide bonds. The number of carbonyl (C=O) groups is 2. The van der Waals surface area contributed by atoms with Crippen LogP contribution in [0.15, 0.2) is 35.0 Å². The number of methoxy groups -OCH3 is 1. The Bertz CT molecular complexity index is 638. The van der Waals surface area contributed by atoms with E-state index in [-0.39, 0.29) is 12.5 Å². The van der Waals surface area contributed by atoms with Crippen molar-refractivity contribution in [1.29, 1.82) is 0 Å². The number of hydrogen-bond acceptors (Lipinski definition) is 5. The molecular formula is C15H16N2O3S. The number of anilines is 1. The summed E-state index contributed by atoms with van der Waals surface area (Å²) in [6, 6.07) is 6.88. The van der Waals surface area contributed by atoms with Crippen molar-refractivity contribution in [2.75, 3.05) is 12.4 Å². The molecule has 21 heavy (non-hydrogen) atoms. The molecule has 5 nitrogen and oxygen atoms in total. The van der Waals surface area contributed by atoms with Gasteiger partial charge >= 0.3 is 5.97 Å². The summed E-state index contributed by atoms with van der Waals surface area (Å²) in [6.45, 7) is 0.276. The van der Waals surface area contributed by atoms with Gasteiger partial charge in [-0.3, -0.25) is 4.79 Å². The van der Waals surface area contributed by atoms with Crippen LogP contribution < -0.4 is 11.1 Å². The number of benzene rings is 1. The molecule has 1 aromatic carbocycles.